The van der Waals surface area contributed by atoms with E-state index in [9.17, 15) is 4.79 Å². The van der Waals surface area contributed by atoms with Crippen LogP contribution in [0.15, 0.2) is 67.0 Å². The number of rotatable bonds is 4. The number of hydrogen-bond acceptors (Lipinski definition) is 6. The van der Waals surface area contributed by atoms with E-state index in [4.69, 9.17) is 0 Å². The predicted molar refractivity (Wildman–Crippen MR) is 99.3 cm³/mol. The minimum atomic E-state index is -0.211. The molecule has 7 heteroatoms. The second-order valence-corrected chi connectivity index (χ2v) is 6.25. The summed E-state index contributed by atoms with van der Waals surface area (Å²) in [4.78, 5) is 25.1. The van der Waals surface area contributed by atoms with E-state index in [-0.39, 0.29) is 5.91 Å². The predicted octanol–water partition coefficient (Wildman–Crippen LogP) is 4.08. The van der Waals surface area contributed by atoms with E-state index >= 15 is 0 Å². The monoisotopic (exact) mass is 347 g/mol. The van der Waals surface area contributed by atoms with Gasteiger partial charge in [0, 0.05) is 23.6 Å². The SMILES string of the molecule is O=C(Nc1nc2ccccc2s1)c1cccc(Nc2ncccn2)c1. The Morgan fingerprint density at radius 3 is 2.64 bits per heavy atom. The Kier molecular flexibility index (Phi) is 4.05. The summed E-state index contributed by atoms with van der Waals surface area (Å²) in [5.41, 5.74) is 2.14. The number of carbonyl (C=O) groups excluding carboxylic acids is 1. The lowest BCUT2D eigenvalue weighted by atomic mass is 10.2. The van der Waals surface area contributed by atoms with Gasteiger partial charge in [-0.2, -0.15) is 0 Å². The van der Waals surface area contributed by atoms with E-state index < -0.39 is 0 Å². The van der Waals surface area contributed by atoms with Gasteiger partial charge in [0.25, 0.3) is 5.91 Å². The van der Waals surface area contributed by atoms with Gasteiger partial charge < -0.3 is 5.32 Å². The van der Waals surface area contributed by atoms with Gasteiger partial charge in [0.2, 0.25) is 5.95 Å². The summed E-state index contributed by atoms with van der Waals surface area (Å²) < 4.78 is 1.04. The van der Waals surface area contributed by atoms with Gasteiger partial charge >= 0.3 is 0 Å². The molecule has 2 N–H and O–H groups in total. The van der Waals surface area contributed by atoms with Gasteiger partial charge in [-0.25, -0.2) is 15.0 Å². The Morgan fingerprint density at radius 2 is 1.80 bits per heavy atom. The number of hydrogen-bond donors (Lipinski definition) is 2. The number of para-hydroxylation sites is 1. The molecule has 6 nitrogen and oxygen atoms in total. The topological polar surface area (TPSA) is 79.8 Å². The van der Waals surface area contributed by atoms with Crippen LogP contribution in [0.2, 0.25) is 0 Å². The Morgan fingerprint density at radius 1 is 0.960 bits per heavy atom. The largest absolute Gasteiger partial charge is 0.324 e. The number of nitrogens with zero attached hydrogens (tertiary/aromatic N) is 3. The third kappa shape index (κ3) is 3.46. The van der Waals surface area contributed by atoms with Crippen LogP contribution in [0.25, 0.3) is 10.2 Å². The van der Waals surface area contributed by atoms with E-state index in [1.165, 1.54) is 11.3 Å². The molecule has 0 aliphatic rings. The first-order valence-electron chi connectivity index (χ1n) is 7.59. The van der Waals surface area contributed by atoms with Crippen LogP contribution in [-0.4, -0.2) is 20.9 Å². The quantitative estimate of drug-likeness (QED) is 0.581. The van der Waals surface area contributed by atoms with Crippen molar-refractivity contribution in [2.45, 2.75) is 0 Å². The molecule has 122 valence electrons. The van der Waals surface area contributed by atoms with E-state index in [0.717, 1.165) is 15.9 Å². The van der Waals surface area contributed by atoms with Crippen molar-refractivity contribution in [1.29, 1.82) is 0 Å². The average molecular weight is 347 g/mol. The van der Waals surface area contributed by atoms with E-state index in [1.807, 2.05) is 30.3 Å². The fraction of sp³-hybridized carbons (Fsp3) is 0. The van der Waals surface area contributed by atoms with Crippen LogP contribution in [0.5, 0.6) is 0 Å². The highest BCUT2D eigenvalue weighted by molar-refractivity contribution is 7.22. The highest BCUT2D eigenvalue weighted by Gasteiger charge is 2.10. The van der Waals surface area contributed by atoms with Crippen LogP contribution in [0, 0.1) is 0 Å². The minimum Gasteiger partial charge on any atom is -0.324 e. The standard InChI is InChI=1S/C18H13N5OS/c24-16(23-18-22-14-7-1-2-8-15(14)25-18)12-5-3-6-13(11-12)21-17-19-9-4-10-20-17/h1-11H,(H,19,20,21)(H,22,23,24). The molecule has 0 atom stereocenters. The van der Waals surface area contributed by atoms with Crippen LogP contribution in [0.4, 0.5) is 16.8 Å². The summed E-state index contributed by atoms with van der Waals surface area (Å²) in [7, 11) is 0. The zero-order chi connectivity index (χ0) is 17.1. The molecule has 0 spiro atoms. The molecule has 0 saturated carbocycles. The highest BCUT2D eigenvalue weighted by atomic mass is 32.1. The normalized spacial score (nSPS) is 10.6. The Balaban J connectivity index is 1.52. The van der Waals surface area contributed by atoms with Crippen LogP contribution in [0.1, 0.15) is 10.4 Å². The van der Waals surface area contributed by atoms with Gasteiger partial charge in [0.05, 0.1) is 10.2 Å². The first-order chi connectivity index (χ1) is 12.3. The van der Waals surface area contributed by atoms with Gasteiger partial charge in [0.1, 0.15) is 0 Å². The number of anilines is 3. The summed E-state index contributed by atoms with van der Waals surface area (Å²) in [6.45, 7) is 0. The number of carbonyl (C=O) groups is 1. The zero-order valence-corrected chi connectivity index (χ0v) is 13.8. The molecule has 0 aliphatic heterocycles. The number of aromatic nitrogens is 3. The van der Waals surface area contributed by atoms with Gasteiger partial charge in [-0.15, -0.1) is 0 Å². The molecule has 0 fully saturated rings. The maximum absolute atomic E-state index is 12.5. The van der Waals surface area contributed by atoms with Gasteiger partial charge in [-0.3, -0.25) is 10.1 Å². The van der Waals surface area contributed by atoms with E-state index in [0.29, 0.717) is 16.6 Å². The molecule has 0 radical (unpaired) electrons. The highest BCUT2D eigenvalue weighted by Crippen LogP contribution is 2.26. The molecule has 1 amide bonds. The Bertz CT molecular complexity index is 999. The molecule has 2 heterocycles. The molecule has 4 rings (SSSR count). The van der Waals surface area contributed by atoms with Crippen molar-refractivity contribution in [2.24, 2.45) is 0 Å². The number of amides is 1. The van der Waals surface area contributed by atoms with Crippen molar-refractivity contribution in [3.8, 4) is 0 Å². The van der Waals surface area contributed by atoms with E-state index in [1.54, 1.807) is 36.7 Å². The van der Waals surface area contributed by atoms with Crippen molar-refractivity contribution in [1.82, 2.24) is 15.0 Å². The number of benzene rings is 2. The molecule has 25 heavy (non-hydrogen) atoms. The molecular formula is C18H13N5OS. The van der Waals surface area contributed by atoms with Crippen molar-refractivity contribution in [3.05, 3.63) is 72.6 Å². The number of thiazole rings is 1. The first-order valence-corrected chi connectivity index (χ1v) is 8.41. The lowest BCUT2D eigenvalue weighted by Gasteiger charge is -2.06. The van der Waals surface area contributed by atoms with Crippen LogP contribution >= 0.6 is 11.3 Å². The summed E-state index contributed by atoms with van der Waals surface area (Å²) in [6, 6.07) is 16.7. The average Bonchev–Trinajstić information content (AvgIpc) is 3.05. The molecular weight excluding hydrogens is 334 g/mol. The van der Waals surface area contributed by atoms with Crippen molar-refractivity contribution in [3.63, 3.8) is 0 Å². The molecule has 0 unspecified atom stereocenters. The Hall–Kier alpha value is -3.32. The summed E-state index contributed by atoms with van der Waals surface area (Å²) >= 11 is 1.45. The van der Waals surface area contributed by atoms with Crippen molar-refractivity contribution < 1.29 is 4.79 Å². The maximum Gasteiger partial charge on any atom is 0.257 e. The number of nitrogens with one attached hydrogen (secondary N) is 2. The van der Waals surface area contributed by atoms with Crippen molar-refractivity contribution >= 4 is 44.2 Å². The fourth-order valence-corrected chi connectivity index (χ4v) is 3.19. The lowest BCUT2D eigenvalue weighted by molar-refractivity contribution is 0.102. The summed E-state index contributed by atoms with van der Waals surface area (Å²) in [6.07, 6.45) is 3.30. The smallest absolute Gasteiger partial charge is 0.257 e. The van der Waals surface area contributed by atoms with E-state index in [2.05, 4.69) is 25.6 Å². The molecule has 4 aromatic rings. The van der Waals surface area contributed by atoms with Crippen molar-refractivity contribution in [2.75, 3.05) is 10.6 Å². The molecule has 0 aliphatic carbocycles. The molecule has 2 aromatic carbocycles. The second kappa shape index (κ2) is 6.66. The van der Waals surface area contributed by atoms with Crippen LogP contribution < -0.4 is 10.6 Å². The number of fused-ring (bicyclic) bond motifs is 1. The van der Waals surface area contributed by atoms with Gasteiger partial charge in [-0.05, 0) is 36.4 Å². The molecule has 0 saturated heterocycles. The third-order valence-corrected chi connectivity index (χ3v) is 4.41. The molecule has 2 aromatic heterocycles. The van der Waals surface area contributed by atoms with Crippen LogP contribution in [-0.2, 0) is 0 Å². The zero-order valence-electron chi connectivity index (χ0n) is 13.0. The second-order valence-electron chi connectivity index (χ2n) is 5.22. The third-order valence-electron chi connectivity index (χ3n) is 3.46. The lowest BCUT2D eigenvalue weighted by Crippen LogP contribution is -2.11. The van der Waals surface area contributed by atoms with Gasteiger partial charge in [0.15, 0.2) is 5.13 Å². The maximum atomic E-state index is 12.5. The minimum absolute atomic E-state index is 0.211. The Labute approximate surface area is 147 Å². The first kappa shape index (κ1) is 15.2. The summed E-state index contributed by atoms with van der Waals surface area (Å²) in [5, 5.41) is 6.50. The van der Waals surface area contributed by atoms with Crippen LogP contribution in [0.3, 0.4) is 0 Å². The summed E-state index contributed by atoms with van der Waals surface area (Å²) in [5.74, 6) is 0.267. The fourth-order valence-electron chi connectivity index (χ4n) is 2.33. The molecule has 0 bridgehead atoms. The van der Waals surface area contributed by atoms with Gasteiger partial charge in [-0.1, -0.05) is 29.5 Å².